The molecule has 5 heteroatoms. The zero-order valence-electron chi connectivity index (χ0n) is 10.9. The van der Waals surface area contributed by atoms with Crippen molar-refractivity contribution in [2.45, 2.75) is 45.1 Å². The Balaban J connectivity index is 1.82. The molecule has 1 aliphatic carbocycles. The number of ether oxygens (including phenoxy) is 2. The SMILES string of the molecule is CCOC(=O)C1CCC(N2CCCOC2=O)CC1. The van der Waals surface area contributed by atoms with Crippen LogP contribution in [0.2, 0.25) is 0 Å². The molecule has 0 N–H and O–H groups in total. The molecule has 0 aromatic rings. The molecule has 18 heavy (non-hydrogen) atoms. The van der Waals surface area contributed by atoms with Crippen molar-refractivity contribution >= 4 is 12.1 Å². The minimum atomic E-state index is -0.194. The van der Waals surface area contributed by atoms with E-state index in [1.54, 1.807) is 0 Å². The number of hydrogen-bond acceptors (Lipinski definition) is 4. The lowest BCUT2D eigenvalue weighted by molar-refractivity contribution is -0.149. The first kappa shape index (κ1) is 13.2. The summed E-state index contributed by atoms with van der Waals surface area (Å²) in [4.78, 5) is 25.1. The summed E-state index contributed by atoms with van der Waals surface area (Å²) < 4.78 is 10.1. The van der Waals surface area contributed by atoms with Gasteiger partial charge in [-0.3, -0.25) is 4.79 Å². The molecule has 1 saturated heterocycles. The molecular formula is C13H21NO4. The van der Waals surface area contributed by atoms with Crippen LogP contribution in [0.4, 0.5) is 4.79 Å². The topological polar surface area (TPSA) is 55.8 Å². The van der Waals surface area contributed by atoms with Crippen molar-refractivity contribution in [2.24, 2.45) is 5.92 Å². The monoisotopic (exact) mass is 255 g/mol. The predicted molar refractivity (Wildman–Crippen MR) is 65.1 cm³/mol. The van der Waals surface area contributed by atoms with Gasteiger partial charge in [0.15, 0.2) is 0 Å². The molecule has 2 aliphatic rings. The van der Waals surface area contributed by atoms with Gasteiger partial charge in [0.05, 0.1) is 19.1 Å². The van der Waals surface area contributed by atoms with Crippen LogP contribution in [0.25, 0.3) is 0 Å². The number of carbonyl (C=O) groups excluding carboxylic acids is 2. The van der Waals surface area contributed by atoms with E-state index < -0.39 is 0 Å². The lowest BCUT2D eigenvalue weighted by atomic mass is 9.85. The van der Waals surface area contributed by atoms with Crippen molar-refractivity contribution in [3.8, 4) is 0 Å². The van der Waals surface area contributed by atoms with E-state index in [0.717, 1.165) is 38.6 Å². The van der Waals surface area contributed by atoms with Gasteiger partial charge in [0.25, 0.3) is 0 Å². The summed E-state index contributed by atoms with van der Waals surface area (Å²) in [6.45, 7) is 3.59. The van der Waals surface area contributed by atoms with E-state index in [2.05, 4.69) is 0 Å². The lowest BCUT2D eigenvalue weighted by Gasteiger charge is -2.37. The number of esters is 1. The molecule has 1 saturated carbocycles. The molecule has 5 nitrogen and oxygen atoms in total. The number of amides is 1. The molecule has 2 fully saturated rings. The van der Waals surface area contributed by atoms with E-state index in [9.17, 15) is 9.59 Å². The molecule has 1 heterocycles. The van der Waals surface area contributed by atoms with Crippen molar-refractivity contribution in [3.05, 3.63) is 0 Å². The molecule has 0 aromatic carbocycles. The van der Waals surface area contributed by atoms with Gasteiger partial charge in [-0.05, 0) is 39.0 Å². The highest BCUT2D eigenvalue weighted by Gasteiger charge is 2.33. The van der Waals surface area contributed by atoms with Crippen LogP contribution in [0.5, 0.6) is 0 Å². The number of carbonyl (C=O) groups is 2. The van der Waals surface area contributed by atoms with Gasteiger partial charge in [-0.2, -0.15) is 0 Å². The van der Waals surface area contributed by atoms with Crippen LogP contribution in [0, 0.1) is 5.92 Å². The summed E-state index contributed by atoms with van der Waals surface area (Å²) in [7, 11) is 0. The molecule has 0 bridgehead atoms. The second-order valence-electron chi connectivity index (χ2n) is 4.92. The normalized spacial score (nSPS) is 28.7. The second-order valence-corrected chi connectivity index (χ2v) is 4.92. The van der Waals surface area contributed by atoms with E-state index in [0.29, 0.717) is 13.2 Å². The fourth-order valence-corrected chi connectivity index (χ4v) is 2.78. The summed E-state index contributed by atoms with van der Waals surface area (Å²) in [5.41, 5.74) is 0. The van der Waals surface area contributed by atoms with Crippen LogP contribution in [0.15, 0.2) is 0 Å². The summed E-state index contributed by atoms with van der Waals surface area (Å²) in [5, 5.41) is 0. The van der Waals surface area contributed by atoms with Gasteiger partial charge in [0.2, 0.25) is 0 Å². The Morgan fingerprint density at radius 3 is 2.72 bits per heavy atom. The molecule has 102 valence electrons. The summed E-state index contributed by atoms with van der Waals surface area (Å²) in [6.07, 6.45) is 4.09. The molecular weight excluding hydrogens is 234 g/mol. The lowest BCUT2D eigenvalue weighted by Crippen LogP contribution is -2.46. The first-order chi connectivity index (χ1) is 8.72. The highest BCUT2D eigenvalue weighted by atomic mass is 16.6. The average molecular weight is 255 g/mol. The quantitative estimate of drug-likeness (QED) is 0.723. The van der Waals surface area contributed by atoms with Gasteiger partial charge in [-0.15, -0.1) is 0 Å². The second kappa shape index (κ2) is 6.07. The van der Waals surface area contributed by atoms with Gasteiger partial charge < -0.3 is 14.4 Å². The van der Waals surface area contributed by atoms with Gasteiger partial charge in [-0.25, -0.2) is 4.79 Å². The molecule has 0 aromatic heterocycles. The fourth-order valence-electron chi connectivity index (χ4n) is 2.78. The molecule has 2 rings (SSSR count). The highest BCUT2D eigenvalue weighted by Crippen LogP contribution is 2.29. The van der Waals surface area contributed by atoms with E-state index >= 15 is 0 Å². The minimum absolute atomic E-state index is 0.0158. The van der Waals surface area contributed by atoms with Crippen LogP contribution < -0.4 is 0 Å². The number of nitrogens with zero attached hydrogens (tertiary/aromatic N) is 1. The van der Waals surface area contributed by atoms with Crippen LogP contribution >= 0.6 is 0 Å². The summed E-state index contributed by atoms with van der Waals surface area (Å²) >= 11 is 0. The zero-order valence-corrected chi connectivity index (χ0v) is 10.9. The number of cyclic esters (lactones) is 1. The third-order valence-electron chi connectivity index (χ3n) is 3.76. The summed E-state index contributed by atoms with van der Waals surface area (Å²) in [5.74, 6) is -0.0702. The molecule has 0 unspecified atom stereocenters. The largest absolute Gasteiger partial charge is 0.466 e. The Morgan fingerprint density at radius 1 is 1.39 bits per heavy atom. The standard InChI is InChI=1S/C13H21NO4/c1-2-17-12(15)10-4-6-11(7-5-10)14-8-3-9-18-13(14)16/h10-11H,2-9H2,1H3. The molecule has 1 amide bonds. The highest BCUT2D eigenvalue weighted by molar-refractivity contribution is 5.72. The molecule has 0 spiro atoms. The van der Waals surface area contributed by atoms with Crippen molar-refractivity contribution in [2.75, 3.05) is 19.8 Å². The van der Waals surface area contributed by atoms with Crippen LogP contribution in [0.1, 0.15) is 39.0 Å². The predicted octanol–water partition coefficient (Wildman–Crippen LogP) is 1.95. The van der Waals surface area contributed by atoms with Crippen LogP contribution in [-0.2, 0) is 14.3 Å². The van der Waals surface area contributed by atoms with Crippen molar-refractivity contribution in [1.29, 1.82) is 0 Å². The Bertz CT molecular complexity index is 310. The number of rotatable bonds is 3. The van der Waals surface area contributed by atoms with Gasteiger partial charge in [-0.1, -0.05) is 0 Å². The van der Waals surface area contributed by atoms with Crippen molar-refractivity contribution in [3.63, 3.8) is 0 Å². The average Bonchev–Trinajstić information content (AvgIpc) is 2.40. The Hall–Kier alpha value is -1.26. The maximum atomic E-state index is 11.6. The Kier molecular flexibility index (Phi) is 4.44. The third-order valence-corrected chi connectivity index (χ3v) is 3.76. The molecule has 0 atom stereocenters. The van der Waals surface area contributed by atoms with Crippen molar-refractivity contribution < 1.29 is 19.1 Å². The van der Waals surface area contributed by atoms with E-state index in [4.69, 9.17) is 9.47 Å². The maximum Gasteiger partial charge on any atom is 0.410 e. The van der Waals surface area contributed by atoms with Gasteiger partial charge in [0, 0.05) is 12.6 Å². The molecule has 0 radical (unpaired) electrons. The first-order valence-electron chi connectivity index (χ1n) is 6.82. The Morgan fingerprint density at radius 2 is 2.11 bits per heavy atom. The summed E-state index contributed by atoms with van der Waals surface area (Å²) in [6, 6.07) is 0.239. The smallest absolute Gasteiger partial charge is 0.410 e. The van der Waals surface area contributed by atoms with Crippen molar-refractivity contribution in [1.82, 2.24) is 4.90 Å². The van der Waals surface area contributed by atoms with Gasteiger partial charge in [0.1, 0.15) is 0 Å². The minimum Gasteiger partial charge on any atom is -0.466 e. The van der Waals surface area contributed by atoms with E-state index in [1.165, 1.54) is 0 Å². The van der Waals surface area contributed by atoms with Crippen LogP contribution in [0.3, 0.4) is 0 Å². The van der Waals surface area contributed by atoms with Gasteiger partial charge >= 0.3 is 12.1 Å². The fraction of sp³-hybridized carbons (Fsp3) is 0.846. The van der Waals surface area contributed by atoms with E-state index in [-0.39, 0.29) is 24.0 Å². The number of hydrogen-bond donors (Lipinski definition) is 0. The molecule has 1 aliphatic heterocycles. The zero-order chi connectivity index (χ0) is 13.0. The first-order valence-corrected chi connectivity index (χ1v) is 6.82. The van der Waals surface area contributed by atoms with Crippen LogP contribution in [-0.4, -0.2) is 42.8 Å². The van der Waals surface area contributed by atoms with E-state index in [1.807, 2.05) is 11.8 Å². The third kappa shape index (κ3) is 2.94. The Labute approximate surface area is 107 Å². The maximum absolute atomic E-state index is 11.6.